The lowest BCUT2D eigenvalue weighted by molar-refractivity contribution is -0.130. The fraction of sp³-hybridized carbons (Fsp3) is 0.462. The van der Waals surface area contributed by atoms with E-state index in [-0.39, 0.29) is 5.92 Å². The highest BCUT2D eigenvalue weighted by Gasteiger charge is 2.22. The molecule has 80 valence electrons. The van der Waals surface area contributed by atoms with E-state index in [2.05, 4.69) is 12.1 Å². The molecule has 0 aliphatic carbocycles. The monoisotopic (exact) mass is 204 g/mol. The molecule has 2 rings (SSSR count). The van der Waals surface area contributed by atoms with Crippen LogP contribution in [0.25, 0.3) is 0 Å². The second-order valence-corrected chi connectivity index (χ2v) is 4.01. The molecule has 1 aliphatic rings. The molecule has 0 aromatic heterocycles. The Morgan fingerprint density at radius 3 is 2.80 bits per heavy atom. The molecule has 1 unspecified atom stereocenters. The summed E-state index contributed by atoms with van der Waals surface area (Å²) in [6, 6.07) is 10.3. The summed E-state index contributed by atoms with van der Waals surface area (Å²) in [6.07, 6.45) is 2.49. The zero-order valence-corrected chi connectivity index (χ0v) is 8.82. The van der Waals surface area contributed by atoms with Gasteiger partial charge in [0, 0.05) is 12.3 Å². The first-order chi connectivity index (χ1) is 7.36. The zero-order valence-electron chi connectivity index (χ0n) is 8.82. The number of Topliss-reactive ketones (excluding diaryl/α,β-unsaturated/α-hetero) is 1. The summed E-state index contributed by atoms with van der Waals surface area (Å²) in [4.78, 5) is 11.5. The third-order valence-corrected chi connectivity index (χ3v) is 2.89. The Balaban J connectivity index is 1.85. The van der Waals surface area contributed by atoms with Crippen molar-refractivity contribution in [1.82, 2.24) is 0 Å². The molecule has 2 heteroatoms. The van der Waals surface area contributed by atoms with Crippen LogP contribution in [0.4, 0.5) is 0 Å². The maximum absolute atomic E-state index is 11.5. The number of hydrogen-bond donors (Lipinski definition) is 0. The Bertz CT molecular complexity index is 319. The van der Waals surface area contributed by atoms with Crippen LogP contribution >= 0.6 is 0 Å². The molecule has 0 bridgehead atoms. The summed E-state index contributed by atoms with van der Waals surface area (Å²) in [6.45, 7) is 1.23. The Labute approximate surface area is 90.3 Å². The first kappa shape index (κ1) is 10.4. The highest BCUT2D eigenvalue weighted by molar-refractivity contribution is 5.81. The normalized spacial score (nSPS) is 21.6. The quantitative estimate of drug-likeness (QED) is 0.754. The van der Waals surface area contributed by atoms with E-state index >= 15 is 0 Å². The van der Waals surface area contributed by atoms with Crippen molar-refractivity contribution in [3.8, 4) is 0 Å². The first-order valence-corrected chi connectivity index (χ1v) is 5.50. The largest absolute Gasteiger partial charge is 0.380 e. The number of ketones is 1. The van der Waals surface area contributed by atoms with Crippen molar-refractivity contribution < 1.29 is 9.53 Å². The van der Waals surface area contributed by atoms with Gasteiger partial charge in [-0.3, -0.25) is 4.79 Å². The van der Waals surface area contributed by atoms with Gasteiger partial charge < -0.3 is 4.74 Å². The van der Waals surface area contributed by atoms with Crippen LogP contribution in [0.5, 0.6) is 0 Å². The van der Waals surface area contributed by atoms with E-state index in [1.165, 1.54) is 5.56 Å². The molecule has 0 spiro atoms. The number of rotatable bonds is 3. The van der Waals surface area contributed by atoms with E-state index in [1.807, 2.05) is 18.2 Å². The minimum Gasteiger partial charge on any atom is -0.380 e. The standard InChI is InChI=1S/C13H16O2/c14-13-8-9-15-10-12(13)7-6-11-4-2-1-3-5-11/h1-5,12H,6-10H2. The fourth-order valence-corrected chi connectivity index (χ4v) is 1.93. The number of benzene rings is 1. The van der Waals surface area contributed by atoms with Crippen LogP contribution in [0.15, 0.2) is 30.3 Å². The van der Waals surface area contributed by atoms with Gasteiger partial charge in [0.1, 0.15) is 5.78 Å². The molecule has 1 fully saturated rings. The highest BCUT2D eigenvalue weighted by atomic mass is 16.5. The fourth-order valence-electron chi connectivity index (χ4n) is 1.93. The number of carbonyl (C=O) groups is 1. The van der Waals surface area contributed by atoms with Crippen molar-refractivity contribution in [2.45, 2.75) is 19.3 Å². The molecule has 0 N–H and O–H groups in total. The third-order valence-electron chi connectivity index (χ3n) is 2.89. The minimum atomic E-state index is 0.124. The molecule has 1 aromatic carbocycles. The summed E-state index contributed by atoms with van der Waals surface area (Å²) >= 11 is 0. The molecular formula is C13H16O2. The second kappa shape index (κ2) is 5.08. The molecule has 1 saturated heterocycles. The average Bonchev–Trinajstić information content (AvgIpc) is 2.29. The van der Waals surface area contributed by atoms with Gasteiger partial charge in [-0.2, -0.15) is 0 Å². The average molecular weight is 204 g/mol. The lowest BCUT2D eigenvalue weighted by Crippen LogP contribution is -2.27. The van der Waals surface area contributed by atoms with E-state index in [4.69, 9.17) is 4.74 Å². The SMILES string of the molecule is O=C1CCOCC1CCc1ccccc1. The lowest BCUT2D eigenvalue weighted by Gasteiger charge is -2.20. The molecule has 0 amide bonds. The van der Waals surface area contributed by atoms with E-state index in [1.54, 1.807) is 0 Å². The van der Waals surface area contributed by atoms with Crippen LogP contribution in [-0.2, 0) is 16.0 Å². The highest BCUT2D eigenvalue weighted by Crippen LogP contribution is 2.16. The van der Waals surface area contributed by atoms with Crippen molar-refractivity contribution in [3.63, 3.8) is 0 Å². The molecule has 1 heterocycles. The molecule has 2 nitrogen and oxygen atoms in total. The van der Waals surface area contributed by atoms with Crippen molar-refractivity contribution in [2.24, 2.45) is 5.92 Å². The summed E-state index contributed by atoms with van der Waals surface area (Å²) in [7, 11) is 0. The molecule has 0 radical (unpaired) electrons. The summed E-state index contributed by atoms with van der Waals surface area (Å²) < 4.78 is 5.32. The van der Waals surface area contributed by atoms with Gasteiger partial charge >= 0.3 is 0 Å². The van der Waals surface area contributed by atoms with Crippen LogP contribution in [0, 0.1) is 5.92 Å². The molecule has 1 aliphatic heterocycles. The minimum absolute atomic E-state index is 0.124. The summed E-state index contributed by atoms with van der Waals surface area (Å²) in [5, 5.41) is 0. The van der Waals surface area contributed by atoms with Crippen LogP contribution in [-0.4, -0.2) is 19.0 Å². The molecule has 1 atom stereocenters. The van der Waals surface area contributed by atoms with E-state index in [9.17, 15) is 4.79 Å². The number of aryl methyl sites for hydroxylation is 1. The van der Waals surface area contributed by atoms with Crippen LogP contribution in [0.3, 0.4) is 0 Å². The van der Waals surface area contributed by atoms with Crippen molar-refractivity contribution >= 4 is 5.78 Å². The van der Waals surface area contributed by atoms with Gasteiger partial charge in [0.05, 0.1) is 13.2 Å². The van der Waals surface area contributed by atoms with Crippen LogP contribution in [0.2, 0.25) is 0 Å². The van der Waals surface area contributed by atoms with E-state index in [0.29, 0.717) is 25.4 Å². The summed E-state index contributed by atoms with van der Waals surface area (Å²) in [5.74, 6) is 0.496. The number of hydrogen-bond acceptors (Lipinski definition) is 2. The van der Waals surface area contributed by atoms with Gasteiger partial charge in [0.15, 0.2) is 0 Å². The van der Waals surface area contributed by atoms with Crippen LogP contribution < -0.4 is 0 Å². The van der Waals surface area contributed by atoms with Gasteiger partial charge in [0.25, 0.3) is 0 Å². The van der Waals surface area contributed by atoms with Gasteiger partial charge in [-0.25, -0.2) is 0 Å². The maximum atomic E-state index is 11.5. The van der Waals surface area contributed by atoms with Crippen LogP contribution in [0.1, 0.15) is 18.4 Å². The second-order valence-electron chi connectivity index (χ2n) is 4.01. The van der Waals surface area contributed by atoms with E-state index in [0.717, 1.165) is 12.8 Å². The molecule has 0 saturated carbocycles. The number of ether oxygens (including phenoxy) is 1. The van der Waals surface area contributed by atoms with Crippen molar-refractivity contribution in [2.75, 3.05) is 13.2 Å². The summed E-state index contributed by atoms with van der Waals surface area (Å²) in [5.41, 5.74) is 1.30. The lowest BCUT2D eigenvalue weighted by atomic mass is 9.93. The smallest absolute Gasteiger partial charge is 0.140 e. The number of carbonyl (C=O) groups excluding carboxylic acids is 1. The Morgan fingerprint density at radius 2 is 2.07 bits per heavy atom. The topological polar surface area (TPSA) is 26.3 Å². The maximum Gasteiger partial charge on any atom is 0.140 e. The molecule has 1 aromatic rings. The zero-order chi connectivity index (χ0) is 10.5. The van der Waals surface area contributed by atoms with Gasteiger partial charge in [-0.15, -0.1) is 0 Å². The Kier molecular flexibility index (Phi) is 3.51. The van der Waals surface area contributed by atoms with Gasteiger partial charge in [0.2, 0.25) is 0 Å². The predicted octanol–water partition coefficient (Wildman–Crippen LogP) is 2.22. The predicted molar refractivity (Wildman–Crippen MR) is 58.7 cm³/mol. The van der Waals surface area contributed by atoms with Gasteiger partial charge in [-0.1, -0.05) is 30.3 Å². The molecule has 15 heavy (non-hydrogen) atoms. The Hall–Kier alpha value is -1.15. The third kappa shape index (κ3) is 2.90. The molecular weight excluding hydrogens is 188 g/mol. The van der Waals surface area contributed by atoms with Crippen molar-refractivity contribution in [3.05, 3.63) is 35.9 Å². The van der Waals surface area contributed by atoms with Gasteiger partial charge in [-0.05, 0) is 18.4 Å². The first-order valence-electron chi connectivity index (χ1n) is 5.50. The van der Waals surface area contributed by atoms with E-state index < -0.39 is 0 Å². The Morgan fingerprint density at radius 1 is 1.27 bits per heavy atom. The van der Waals surface area contributed by atoms with Crippen molar-refractivity contribution in [1.29, 1.82) is 0 Å².